The first-order valence-electron chi connectivity index (χ1n) is 10.2. The normalized spacial score (nSPS) is 29.1. The predicted octanol–water partition coefficient (Wildman–Crippen LogP) is 3.08. The zero-order valence-electron chi connectivity index (χ0n) is 17.1. The monoisotopic (exact) mass is 710 g/mol. The van der Waals surface area contributed by atoms with Crippen LogP contribution in [0.4, 0.5) is 0 Å². The van der Waals surface area contributed by atoms with Gasteiger partial charge in [0.15, 0.2) is 0 Å². The van der Waals surface area contributed by atoms with E-state index in [4.69, 9.17) is 18.8 Å². The summed E-state index contributed by atoms with van der Waals surface area (Å²) in [5.74, 6) is -3.90. The Hall–Kier alpha value is -1.78. The second-order valence-electron chi connectivity index (χ2n) is 8.35. The van der Waals surface area contributed by atoms with E-state index in [0.717, 1.165) is 19.3 Å². The summed E-state index contributed by atoms with van der Waals surface area (Å²) in [6.45, 7) is 0. The van der Waals surface area contributed by atoms with Crippen molar-refractivity contribution < 1.29 is 41.6 Å². The quantitative estimate of drug-likeness (QED) is 0.215. The Labute approximate surface area is 221 Å². The van der Waals surface area contributed by atoms with Gasteiger partial charge >= 0.3 is 17.9 Å². The summed E-state index contributed by atoms with van der Waals surface area (Å²) in [4.78, 5) is 38.3. The fourth-order valence-corrected chi connectivity index (χ4v) is 7.64. The SMILES string of the molecule is O=C(OC1C2CC3C1OC(=O)C3C2C(=O)Oc1ccc(S(=O)(=O)O)cc1)c1c(I)cccc1I. The summed E-state index contributed by atoms with van der Waals surface area (Å²) < 4.78 is 49.7. The summed E-state index contributed by atoms with van der Waals surface area (Å²) in [6, 6.07) is 10.1. The van der Waals surface area contributed by atoms with Crippen LogP contribution in [0.5, 0.6) is 5.75 Å². The highest BCUT2D eigenvalue weighted by molar-refractivity contribution is 14.1. The van der Waals surface area contributed by atoms with Crippen LogP contribution in [-0.2, 0) is 29.2 Å². The molecule has 2 aliphatic carbocycles. The standard InChI is InChI=1S/C22H16I2O9S/c23-13-2-1-3-14(24)17(13)22(27)33-19-11-8-12-16(21(26)32-18(12)19)15(11)20(25)31-9-4-6-10(7-5-9)34(28,29)30/h1-7,11-12,15-16,18-19H,8H2,(H,28,29,30). The van der Waals surface area contributed by atoms with Gasteiger partial charge in [0.05, 0.1) is 22.3 Å². The molecule has 178 valence electrons. The van der Waals surface area contributed by atoms with Crippen molar-refractivity contribution in [2.45, 2.75) is 23.5 Å². The van der Waals surface area contributed by atoms with Crippen molar-refractivity contribution in [2.24, 2.45) is 23.7 Å². The molecule has 0 aromatic heterocycles. The molecule has 0 radical (unpaired) electrons. The molecule has 5 rings (SSSR count). The number of rotatable bonds is 5. The van der Waals surface area contributed by atoms with Crippen LogP contribution in [-0.4, -0.2) is 43.1 Å². The van der Waals surface area contributed by atoms with Crippen LogP contribution in [0.2, 0.25) is 0 Å². The number of esters is 3. The fraction of sp³-hybridized carbons (Fsp3) is 0.318. The molecule has 1 aliphatic heterocycles. The molecule has 34 heavy (non-hydrogen) atoms. The molecule has 6 unspecified atom stereocenters. The van der Waals surface area contributed by atoms with Crippen LogP contribution >= 0.6 is 45.2 Å². The molecule has 1 saturated heterocycles. The summed E-state index contributed by atoms with van der Waals surface area (Å²) in [5.41, 5.74) is 0.422. The molecule has 9 nitrogen and oxygen atoms in total. The smallest absolute Gasteiger partial charge is 0.340 e. The number of ether oxygens (including phenoxy) is 3. The van der Waals surface area contributed by atoms with Gasteiger partial charge in [-0.05, 0) is 88.0 Å². The first-order chi connectivity index (χ1) is 16.1. The number of hydrogen-bond donors (Lipinski definition) is 1. The van der Waals surface area contributed by atoms with Crippen LogP contribution < -0.4 is 4.74 Å². The molecule has 1 heterocycles. The van der Waals surface area contributed by atoms with Crippen LogP contribution in [0.25, 0.3) is 0 Å². The third-order valence-electron chi connectivity index (χ3n) is 6.57. The molecule has 2 bridgehead atoms. The molecule has 3 aliphatic rings. The van der Waals surface area contributed by atoms with E-state index in [0.29, 0.717) is 12.0 Å². The highest BCUT2D eigenvalue weighted by atomic mass is 127. The average molecular weight is 710 g/mol. The Morgan fingerprint density at radius 3 is 2.29 bits per heavy atom. The van der Waals surface area contributed by atoms with Gasteiger partial charge in [-0.2, -0.15) is 8.42 Å². The van der Waals surface area contributed by atoms with Gasteiger partial charge in [0.2, 0.25) is 0 Å². The molecular formula is C22H16I2O9S. The second-order valence-corrected chi connectivity index (χ2v) is 12.1. The zero-order chi connectivity index (χ0) is 24.4. The molecule has 2 aromatic carbocycles. The van der Waals surface area contributed by atoms with E-state index in [1.807, 2.05) is 6.07 Å². The van der Waals surface area contributed by atoms with Gasteiger partial charge in [-0.15, -0.1) is 0 Å². The van der Waals surface area contributed by atoms with E-state index >= 15 is 0 Å². The highest BCUT2D eigenvalue weighted by Gasteiger charge is 2.70. The lowest BCUT2D eigenvalue weighted by atomic mass is 9.78. The van der Waals surface area contributed by atoms with Gasteiger partial charge in [-0.1, -0.05) is 6.07 Å². The molecule has 6 atom stereocenters. The maximum atomic E-state index is 13.1. The lowest BCUT2D eigenvalue weighted by Crippen LogP contribution is -2.44. The van der Waals surface area contributed by atoms with E-state index in [2.05, 4.69) is 45.2 Å². The minimum atomic E-state index is -4.38. The first kappa shape index (κ1) is 23.9. The highest BCUT2D eigenvalue weighted by Crippen LogP contribution is 2.59. The average Bonchev–Trinajstić information content (AvgIpc) is 3.37. The number of halogens is 2. The number of carbonyl (C=O) groups excluding carboxylic acids is 3. The lowest BCUT2D eigenvalue weighted by molar-refractivity contribution is -0.149. The van der Waals surface area contributed by atoms with Gasteiger partial charge in [0.1, 0.15) is 18.0 Å². The Balaban J connectivity index is 1.37. The lowest BCUT2D eigenvalue weighted by Gasteiger charge is -2.30. The van der Waals surface area contributed by atoms with Crippen LogP contribution in [0.15, 0.2) is 47.4 Å². The zero-order valence-corrected chi connectivity index (χ0v) is 22.2. The van der Waals surface area contributed by atoms with Gasteiger partial charge < -0.3 is 14.2 Å². The number of hydrogen-bond acceptors (Lipinski definition) is 8. The van der Waals surface area contributed by atoms with Crippen molar-refractivity contribution in [3.63, 3.8) is 0 Å². The van der Waals surface area contributed by atoms with E-state index < -0.39 is 58.0 Å². The van der Waals surface area contributed by atoms with Crippen LogP contribution in [0.3, 0.4) is 0 Å². The summed E-state index contributed by atoms with van der Waals surface area (Å²) in [5, 5.41) is 0. The van der Waals surface area contributed by atoms with E-state index in [-0.39, 0.29) is 16.6 Å². The maximum Gasteiger partial charge on any atom is 0.340 e. The Morgan fingerprint density at radius 1 is 1.03 bits per heavy atom. The van der Waals surface area contributed by atoms with Gasteiger partial charge in [-0.25, -0.2) is 4.79 Å². The summed E-state index contributed by atoms with van der Waals surface area (Å²) in [6.07, 6.45) is -0.876. The fourth-order valence-electron chi connectivity index (χ4n) is 5.21. The van der Waals surface area contributed by atoms with Crippen molar-refractivity contribution >= 4 is 73.2 Å². The molecule has 2 aromatic rings. The second kappa shape index (κ2) is 8.71. The van der Waals surface area contributed by atoms with Gasteiger partial charge in [0, 0.05) is 19.0 Å². The van der Waals surface area contributed by atoms with Gasteiger partial charge in [-0.3, -0.25) is 14.1 Å². The molecule has 0 amide bonds. The minimum Gasteiger partial charge on any atom is -0.458 e. The molecule has 3 fully saturated rings. The minimum absolute atomic E-state index is 0.0602. The molecule has 2 saturated carbocycles. The molecule has 0 spiro atoms. The number of fused-ring (bicyclic) bond motifs is 1. The topological polar surface area (TPSA) is 133 Å². The van der Waals surface area contributed by atoms with E-state index in [1.54, 1.807) is 12.1 Å². The maximum absolute atomic E-state index is 13.1. The van der Waals surface area contributed by atoms with Crippen molar-refractivity contribution in [2.75, 3.05) is 0 Å². The molecule has 1 N–H and O–H groups in total. The summed E-state index contributed by atoms with van der Waals surface area (Å²) in [7, 11) is -4.38. The van der Waals surface area contributed by atoms with Crippen molar-refractivity contribution in [1.29, 1.82) is 0 Å². The van der Waals surface area contributed by atoms with Crippen molar-refractivity contribution in [1.82, 2.24) is 0 Å². The Morgan fingerprint density at radius 2 is 1.68 bits per heavy atom. The number of benzene rings is 2. The third-order valence-corrected chi connectivity index (χ3v) is 9.23. The van der Waals surface area contributed by atoms with Crippen molar-refractivity contribution in [3.8, 4) is 5.75 Å². The Bertz CT molecular complexity index is 1290. The molecular weight excluding hydrogens is 694 g/mol. The summed E-state index contributed by atoms with van der Waals surface area (Å²) >= 11 is 4.11. The largest absolute Gasteiger partial charge is 0.458 e. The van der Waals surface area contributed by atoms with Crippen molar-refractivity contribution in [3.05, 3.63) is 55.2 Å². The predicted molar refractivity (Wildman–Crippen MR) is 131 cm³/mol. The van der Waals surface area contributed by atoms with Gasteiger partial charge in [0.25, 0.3) is 10.1 Å². The first-order valence-corrected chi connectivity index (χ1v) is 13.8. The third kappa shape index (κ3) is 4.01. The number of carbonyl (C=O) groups is 3. The van der Waals surface area contributed by atoms with Crippen LogP contribution in [0, 0.1) is 30.8 Å². The van der Waals surface area contributed by atoms with E-state index in [1.165, 1.54) is 12.1 Å². The van der Waals surface area contributed by atoms with E-state index in [9.17, 15) is 22.8 Å². The molecule has 12 heteroatoms. The Kier molecular flexibility index (Phi) is 6.13. The van der Waals surface area contributed by atoms with Crippen LogP contribution in [0.1, 0.15) is 16.8 Å².